The van der Waals surface area contributed by atoms with Gasteiger partial charge in [0.25, 0.3) is 11.1 Å². The number of amides is 3. The minimum absolute atomic E-state index is 0.0900. The van der Waals surface area contributed by atoms with Gasteiger partial charge in [-0.1, -0.05) is 12.1 Å². The van der Waals surface area contributed by atoms with E-state index in [0.29, 0.717) is 16.8 Å². The van der Waals surface area contributed by atoms with Crippen molar-refractivity contribution in [2.24, 2.45) is 0 Å². The number of carbonyl (C=O) groups is 4. The number of imide groups is 1. The Labute approximate surface area is 176 Å². The van der Waals surface area contributed by atoms with Crippen LogP contribution in [0.4, 0.5) is 10.5 Å². The first-order valence-electron chi connectivity index (χ1n) is 8.99. The molecule has 1 saturated heterocycles. The van der Waals surface area contributed by atoms with Crippen molar-refractivity contribution >= 4 is 46.5 Å². The van der Waals surface area contributed by atoms with Crippen molar-refractivity contribution in [1.82, 2.24) is 4.90 Å². The Balaban J connectivity index is 1.62. The molecule has 9 heteroatoms. The van der Waals surface area contributed by atoms with Gasteiger partial charge in [0.05, 0.1) is 17.1 Å². The van der Waals surface area contributed by atoms with Crippen LogP contribution in [0.5, 0.6) is 5.75 Å². The first kappa shape index (κ1) is 21.1. The molecule has 1 aliphatic heterocycles. The van der Waals surface area contributed by atoms with Gasteiger partial charge in [-0.3, -0.25) is 19.3 Å². The molecule has 0 bridgehead atoms. The van der Waals surface area contributed by atoms with Gasteiger partial charge in [0.1, 0.15) is 12.3 Å². The molecule has 30 heavy (non-hydrogen) atoms. The van der Waals surface area contributed by atoms with E-state index in [0.717, 1.165) is 16.7 Å². The summed E-state index contributed by atoms with van der Waals surface area (Å²) in [7, 11) is 0. The Morgan fingerprint density at radius 1 is 1.10 bits per heavy atom. The van der Waals surface area contributed by atoms with Gasteiger partial charge < -0.3 is 15.2 Å². The molecule has 3 amide bonds. The summed E-state index contributed by atoms with van der Waals surface area (Å²) in [5, 5.41) is 11.4. The lowest BCUT2D eigenvalue weighted by atomic mass is 10.2. The predicted octanol–water partition coefficient (Wildman–Crippen LogP) is 3.24. The summed E-state index contributed by atoms with van der Waals surface area (Å²) in [4.78, 5) is 49.6. The second-order valence-corrected chi connectivity index (χ2v) is 7.20. The van der Waals surface area contributed by atoms with E-state index in [4.69, 9.17) is 4.74 Å². The minimum atomic E-state index is -0.564. The van der Waals surface area contributed by atoms with Crippen LogP contribution in [0.2, 0.25) is 0 Å². The zero-order valence-electron chi connectivity index (χ0n) is 16.0. The fourth-order valence-corrected chi connectivity index (χ4v) is 3.44. The van der Waals surface area contributed by atoms with E-state index in [2.05, 4.69) is 5.32 Å². The molecule has 154 valence electrons. The first-order valence-corrected chi connectivity index (χ1v) is 9.80. The van der Waals surface area contributed by atoms with Crippen molar-refractivity contribution in [3.05, 3.63) is 64.6 Å². The summed E-state index contributed by atoms with van der Waals surface area (Å²) in [6.07, 6.45) is 1.52. The van der Waals surface area contributed by atoms with Gasteiger partial charge in [0.15, 0.2) is 0 Å². The highest BCUT2D eigenvalue weighted by atomic mass is 32.2. The van der Waals surface area contributed by atoms with Crippen LogP contribution in [0.3, 0.4) is 0 Å². The number of ether oxygens (including phenoxy) is 1. The molecular formula is C21H18N2O6S. The summed E-state index contributed by atoms with van der Waals surface area (Å²) < 4.78 is 4.89. The summed E-state index contributed by atoms with van der Waals surface area (Å²) in [6.45, 7) is 1.53. The number of thioether (sulfide) groups is 1. The quantitative estimate of drug-likeness (QED) is 0.538. The molecule has 1 heterocycles. The first-order chi connectivity index (χ1) is 14.4. The van der Waals surface area contributed by atoms with E-state index >= 15 is 0 Å². The summed E-state index contributed by atoms with van der Waals surface area (Å²) >= 11 is 0.744. The van der Waals surface area contributed by atoms with Crippen molar-refractivity contribution in [1.29, 1.82) is 0 Å². The number of phenols is 1. The van der Waals surface area contributed by atoms with Crippen molar-refractivity contribution < 1.29 is 29.0 Å². The normalized spacial score (nSPS) is 14.8. The molecule has 0 aromatic heterocycles. The molecule has 1 fully saturated rings. The number of nitrogens with one attached hydrogen (secondary N) is 1. The molecule has 2 aromatic rings. The number of anilines is 1. The van der Waals surface area contributed by atoms with E-state index in [1.165, 1.54) is 42.5 Å². The molecule has 8 nitrogen and oxygen atoms in total. The molecule has 2 N–H and O–H groups in total. The van der Waals surface area contributed by atoms with Crippen LogP contribution in [0.1, 0.15) is 22.8 Å². The van der Waals surface area contributed by atoms with Gasteiger partial charge in [-0.15, -0.1) is 0 Å². The van der Waals surface area contributed by atoms with Crippen LogP contribution in [-0.4, -0.2) is 46.2 Å². The molecular weight excluding hydrogens is 408 g/mol. The maximum Gasteiger partial charge on any atom is 0.338 e. The van der Waals surface area contributed by atoms with E-state index in [1.54, 1.807) is 19.1 Å². The van der Waals surface area contributed by atoms with Gasteiger partial charge in [-0.25, -0.2) is 4.79 Å². The largest absolute Gasteiger partial charge is 0.508 e. The van der Waals surface area contributed by atoms with Gasteiger partial charge in [0.2, 0.25) is 5.91 Å². The van der Waals surface area contributed by atoms with Gasteiger partial charge in [0, 0.05) is 5.69 Å². The standard InChI is InChI=1S/C21H18N2O6S/c1-2-29-20(27)14-5-7-15(8-6-14)22-18(25)12-23-19(26)17(30-21(23)28)11-13-3-9-16(24)10-4-13/h3-11,24H,2,12H2,1H3,(H,22,25)/b17-11-. The van der Waals surface area contributed by atoms with E-state index < -0.39 is 29.6 Å². The van der Waals surface area contributed by atoms with Crippen LogP contribution >= 0.6 is 11.8 Å². The third kappa shape index (κ3) is 5.06. The molecule has 0 spiro atoms. The second kappa shape index (κ2) is 9.27. The summed E-state index contributed by atoms with van der Waals surface area (Å²) in [5.41, 5.74) is 1.41. The van der Waals surface area contributed by atoms with E-state index in [1.807, 2.05) is 0 Å². The highest BCUT2D eigenvalue weighted by molar-refractivity contribution is 8.18. The van der Waals surface area contributed by atoms with Crippen molar-refractivity contribution in [3.63, 3.8) is 0 Å². The molecule has 0 aliphatic carbocycles. The number of nitrogens with zero attached hydrogens (tertiary/aromatic N) is 1. The van der Waals surface area contributed by atoms with E-state index in [-0.39, 0.29) is 17.3 Å². The average molecular weight is 426 g/mol. The maximum absolute atomic E-state index is 12.5. The number of hydrogen-bond acceptors (Lipinski definition) is 7. The highest BCUT2D eigenvalue weighted by Gasteiger charge is 2.36. The number of hydrogen-bond donors (Lipinski definition) is 2. The fourth-order valence-electron chi connectivity index (χ4n) is 2.61. The highest BCUT2D eigenvalue weighted by Crippen LogP contribution is 2.32. The molecule has 3 rings (SSSR count). The maximum atomic E-state index is 12.5. The Hall–Kier alpha value is -3.59. The lowest BCUT2D eigenvalue weighted by Crippen LogP contribution is -2.36. The molecule has 2 aromatic carbocycles. The van der Waals surface area contributed by atoms with Gasteiger partial charge in [-0.2, -0.15) is 0 Å². The fraction of sp³-hybridized carbons (Fsp3) is 0.143. The number of phenolic OH excluding ortho intramolecular Hbond substituents is 1. The van der Waals surface area contributed by atoms with E-state index in [9.17, 15) is 24.3 Å². The van der Waals surface area contributed by atoms with Crippen molar-refractivity contribution in [3.8, 4) is 5.75 Å². The number of rotatable bonds is 6. The number of benzene rings is 2. The lowest BCUT2D eigenvalue weighted by Gasteiger charge is -2.12. The Morgan fingerprint density at radius 2 is 1.77 bits per heavy atom. The molecule has 0 atom stereocenters. The summed E-state index contributed by atoms with van der Waals surface area (Å²) in [6, 6.07) is 12.2. The topological polar surface area (TPSA) is 113 Å². The lowest BCUT2D eigenvalue weighted by molar-refractivity contribution is -0.127. The van der Waals surface area contributed by atoms with Gasteiger partial charge in [-0.05, 0) is 66.7 Å². The third-order valence-corrected chi connectivity index (χ3v) is 4.95. The summed E-state index contributed by atoms with van der Waals surface area (Å²) in [5.74, 6) is -1.49. The Bertz CT molecular complexity index is 1010. The zero-order valence-corrected chi connectivity index (χ0v) is 16.8. The Morgan fingerprint density at radius 3 is 2.40 bits per heavy atom. The van der Waals surface area contributed by atoms with Gasteiger partial charge >= 0.3 is 5.97 Å². The van der Waals surface area contributed by atoms with Crippen LogP contribution < -0.4 is 5.32 Å². The molecule has 0 saturated carbocycles. The van der Waals surface area contributed by atoms with Crippen molar-refractivity contribution in [2.75, 3.05) is 18.5 Å². The zero-order chi connectivity index (χ0) is 21.7. The monoisotopic (exact) mass is 426 g/mol. The molecule has 0 unspecified atom stereocenters. The smallest absolute Gasteiger partial charge is 0.338 e. The van der Waals surface area contributed by atoms with Crippen molar-refractivity contribution in [2.45, 2.75) is 6.92 Å². The SMILES string of the molecule is CCOC(=O)c1ccc(NC(=O)CN2C(=O)S/C(=C\c3ccc(O)cc3)C2=O)cc1. The van der Waals surface area contributed by atoms with Crippen LogP contribution in [0.25, 0.3) is 6.08 Å². The number of aromatic hydroxyl groups is 1. The van der Waals surface area contributed by atoms with Crippen LogP contribution in [-0.2, 0) is 14.3 Å². The molecule has 1 aliphatic rings. The van der Waals surface area contributed by atoms with Crippen LogP contribution in [0.15, 0.2) is 53.4 Å². The average Bonchev–Trinajstić information content (AvgIpc) is 2.98. The molecule has 0 radical (unpaired) electrons. The number of esters is 1. The second-order valence-electron chi connectivity index (χ2n) is 6.21. The minimum Gasteiger partial charge on any atom is -0.508 e. The number of carbonyl (C=O) groups excluding carboxylic acids is 4. The Kier molecular flexibility index (Phi) is 6.53. The third-order valence-electron chi connectivity index (χ3n) is 4.05. The van der Waals surface area contributed by atoms with Crippen LogP contribution in [0, 0.1) is 0 Å². The predicted molar refractivity (Wildman–Crippen MR) is 112 cm³/mol.